The molecule has 174 valence electrons. The molecule has 0 amide bonds. The summed E-state index contributed by atoms with van der Waals surface area (Å²) in [5, 5.41) is 4.36. The maximum atomic E-state index is 12.4. The van der Waals surface area contributed by atoms with Gasteiger partial charge in [-0.2, -0.15) is 5.10 Å². The van der Waals surface area contributed by atoms with E-state index >= 15 is 0 Å². The molecule has 0 aliphatic heterocycles. The molecule has 0 fully saturated rings. The minimum Gasteiger partial charge on any atom is -0.755 e. The first-order valence-electron chi connectivity index (χ1n) is 10.8. The molecule has 1 aliphatic rings. The van der Waals surface area contributed by atoms with Gasteiger partial charge in [0.2, 0.25) is 0 Å². The molecule has 8 nitrogen and oxygen atoms in total. The molecule has 9 heteroatoms. The lowest BCUT2D eigenvalue weighted by Gasteiger charge is -2.37. The number of hydrogen-bond acceptors (Lipinski definition) is 6. The Kier molecular flexibility index (Phi) is 7.10. The molecule has 4 rings (SSSR count). The maximum absolute atomic E-state index is 12.4. The van der Waals surface area contributed by atoms with Crippen molar-refractivity contribution in [2.75, 3.05) is 18.0 Å². The zero-order chi connectivity index (χ0) is 23.4. The minimum absolute atomic E-state index is 0.0172. The highest BCUT2D eigenvalue weighted by molar-refractivity contribution is 7.80. The maximum Gasteiger partial charge on any atom is 0.327 e. The van der Waals surface area contributed by atoms with Crippen molar-refractivity contribution >= 4 is 22.9 Å². The van der Waals surface area contributed by atoms with E-state index in [0.717, 1.165) is 41.0 Å². The van der Waals surface area contributed by atoms with Crippen LogP contribution in [0, 0.1) is 0 Å². The van der Waals surface area contributed by atoms with Gasteiger partial charge in [-0.1, -0.05) is 24.3 Å². The smallest absolute Gasteiger partial charge is 0.327 e. The molecule has 0 spiro atoms. The summed E-state index contributed by atoms with van der Waals surface area (Å²) in [5.41, 5.74) is 4.14. The monoisotopic (exact) mass is 468 g/mol. The van der Waals surface area contributed by atoms with Gasteiger partial charge in [0.05, 0.1) is 26.0 Å². The molecule has 1 heterocycles. The zero-order valence-electron chi connectivity index (χ0n) is 18.6. The first-order valence-corrected chi connectivity index (χ1v) is 11.9. The summed E-state index contributed by atoms with van der Waals surface area (Å²) in [6.45, 7) is 2.08. The Morgan fingerprint density at radius 1 is 1.24 bits per heavy atom. The van der Waals surface area contributed by atoms with Crippen LogP contribution in [-0.2, 0) is 33.8 Å². The van der Waals surface area contributed by atoms with E-state index in [9.17, 15) is 13.6 Å². The first kappa shape index (κ1) is 23.0. The van der Waals surface area contributed by atoms with E-state index in [1.807, 2.05) is 42.5 Å². The lowest BCUT2D eigenvalue weighted by molar-refractivity contribution is -0.144. The summed E-state index contributed by atoms with van der Waals surface area (Å²) in [4.78, 5) is 12.0. The highest BCUT2D eigenvalue weighted by atomic mass is 32.2. The highest BCUT2D eigenvalue weighted by Gasteiger charge is 2.30. The fraction of sp³-hybridized carbons (Fsp3) is 0.333. The number of esters is 1. The Bertz CT molecular complexity index is 1150. The Morgan fingerprint density at radius 3 is 2.73 bits per heavy atom. The molecule has 0 N–H and O–H groups in total. The number of methoxy groups -OCH3 is 1. The molecule has 1 aliphatic carbocycles. The van der Waals surface area contributed by atoms with Gasteiger partial charge in [-0.15, -0.1) is 0 Å². The second-order valence-electron chi connectivity index (χ2n) is 7.74. The van der Waals surface area contributed by atoms with E-state index in [0.29, 0.717) is 18.7 Å². The molecule has 2 aromatic carbocycles. The van der Waals surface area contributed by atoms with Gasteiger partial charge in [0.25, 0.3) is 0 Å². The van der Waals surface area contributed by atoms with Crippen LogP contribution in [-0.4, -0.2) is 38.2 Å². The zero-order valence-corrected chi connectivity index (χ0v) is 19.4. The number of fused-ring (bicyclic) bond motifs is 1. The predicted molar refractivity (Wildman–Crippen MR) is 124 cm³/mol. The average Bonchev–Trinajstić information content (AvgIpc) is 3.23. The molecular formula is C24H26N3O5S-. The van der Waals surface area contributed by atoms with Gasteiger partial charge in [0.1, 0.15) is 12.3 Å². The molecule has 2 atom stereocenters. The van der Waals surface area contributed by atoms with Crippen LogP contribution in [0.15, 0.2) is 54.7 Å². The number of ether oxygens (including phenoxy) is 2. The molecule has 33 heavy (non-hydrogen) atoms. The topological polar surface area (TPSA) is 96.7 Å². The fourth-order valence-corrected chi connectivity index (χ4v) is 4.99. The number of rotatable bonds is 8. The number of anilines is 1. The number of benzene rings is 2. The second kappa shape index (κ2) is 10.2. The number of carbonyl (C=O) groups excluding carboxylic acids is 1. The van der Waals surface area contributed by atoms with Crippen LogP contribution >= 0.6 is 0 Å². The van der Waals surface area contributed by atoms with Gasteiger partial charge in [-0.25, -0.2) is 0 Å². The van der Waals surface area contributed by atoms with Gasteiger partial charge in [-0.3, -0.25) is 18.0 Å². The van der Waals surface area contributed by atoms with Crippen LogP contribution in [0.3, 0.4) is 0 Å². The third-order valence-electron chi connectivity index (χ3n) is 5.78. The van der Waals surface area contributed by atoms with Crippen LogP contribution in [0.25, 0.3) is 11.1 Å². The number of aromatic nitrogens is 2. The minimum atomic E-state index is -2.50. The lowest BCUT2D eigenvalue weighted by Crippen LogP contribution is -2.33. The van der Waals surface area contributed by atoms with Crippen molar-refractivity contribution in [1.29, 1.82) is 0 Å². The number of hydrogen-bond donors (Lipinski definition) is 0. The standard InChI is InChI=1S/C24H27N3O5S/c1-3-32-24(28)16-26-22-8-5-9-23(21(22)15-25-26)27(33(29)30)19-7-4-6-18(14-19)17-10-12-20(31-2)13-11-17/h4,6-7,10-15,23H,3,5,8-9,16H2,1-2H3,(H,29,30)/p-1. The van der Waals surface area contributed by atoms with E-state index in [1.165, 1.54) is 4.31 Å². The molecule has 0 saturated carbocycles. The van der Waals surface area contributed by atoms with E-state index < -0.39 is 17.3 Å². The third kappa shape index (κ3) is 4.94. The molecule has 0 bridgehead atoms. The Labute approximate surface area is 195 Å². The highest BCUT2D eigenvalue weighted by Crippen LogP contribution is 2.39. The summed E-state index contributed by atoms with van der Waals surface area (Å²) in [7, 11) is 1.62. The molecular weight excluding hydrogens is 442 g/mol. The third-order valence-corrected chi connectivity index (χ3v) is 6.57. The normalized spacial score (nSPS) is 16.0. The van der Waals surface area contributed by atoms with Gasteiger partial charge < -0.3 is 14.0 Å². The first-order chi connectivity index (χ1) is 16.0. The Morgan fingerprint density at radius 2 is 2.03 bits per heavy atom. The van der Waals surface area contributed by atoms with Crippen LogP contribution in [0.1, 0.15) is 37.1 Å². The van der Waals surface area contributed by atoms with Crippen molar-refractivity contribution in [2.24, 2.45) is 0 Å². The molecule has 0 saturated heterocycles. The summed E-state index contributed by atoms with van der Waals surface area (Å²) >= 11 is -2.50. The van der Waals surface area contributed by atoms with Gasteiger partial charge in [-0.05, 0) is 61.6 Å². The number of nitrogens with zero attached hydrogens (tertiary/aromatic N) is 3. The van der Waals surface area contributed by atoms with Crippen molar-refractivity contribution in [3.05, 3.63) is 66.0 Å². The van der Waals surface area contributed by atoms with Crippen LogP contribution in [0.4, 0.5) is 5.69 Å². The molecule has 3 aromatic rings. The Hall–Kier alpha value is -3.17. The largest absolute Gasteiger partial charge is 0.755 e. The van der Waals surface area contributed by atoms with E-state index in [2.05, 4.69) is 5.10 Å². The lowest BCUT2D eigenvalue weighted by atomic mass is 9.92. The van der Waals surface area contributed by atoms with Crippen LogP contribution < -0.4 is 9.04 Å². The predicted octanol–water partition coefficient (Wildman–Crippen LogP) is 3.80. The van der Waals surface area contributed by atoms with Crippen molar-refractivity contribution in [1.82, 2.24) is 9.78 Å². The quantitative estimate of drug-likeness (QED) is 0.369. The molecule has 1 aromatic heterocycles. The summed E-state index contributed by atoms with van der Waals surface area (Å²) in [6, 6.07) is 14.7. The van der Waals surface area contributed by atoms with E-state index in [4.69, 9.17) is 9.47 Å². The number of carbonyl (C=O) groups is 1. The SMILES string of the molecule is CCOC(=O)Cn1ncc2c1CCCC2N(c1cccc(-c2ccc(OC)cc2)c1)S(=O)[O-]. The van der Waals surface area contributed by atoms with E-state index in [-0.39, 0.29) is 12.5 Å². The van der Waals surface area contributed by atoms with Crippen molar-refractivity contribution in [2.45, 2.75) is 38.8 Å². The fourth-order valence-electron chi connectivity index (χ4n) is 4.28. The van der Waals surface area contributed by atoms with Gasteiger partial charge >= 0.3 is 5.97 Å². The van der Waals surface area contributed by atoms with E-state index in [1.54, 1.807) is 31.0 Å². The van der Waals surface area contributed by atoms with Gasteiger partial charge in [0, 0.05) is 28.2 Å². The summed E-state index contributed by atoms with van der Waals surface area (Å²) < 4.78 is 38.1. The van der Waals surface area contributed by atoms with Gasteiger partial charge in [0.15, 0.2) is 0 Å². The Balaban J connectivity index is 1.66. The summed E-state index contributed by atoms with van der Waals surface area (Å²) in [5.74, 6) is 0.397. The summed E-state index contributed by atoms with van der Waals surface area (Å²) in [6.07, 6.45) is 3.86. The molecule has 0 radical (unpaired) electrons. The van der Waals surface area contributed by atoms with Crippen molar-refractivity contribution in [3.63, 3.8) is 0 Å². The van der Waals surface area contributed by atoms with Crippen molar-refractivity contribution < 1.29 is 23.0 Å². The van der Waals surface area contributed by atoms with Crippen LogP contribution in [0.2, 0.25) is 0 Å². The molecule has 2 unspecified atom stereocenters. The van der Waals surface area contributed by atoms with Crippen LogP contribution in [0.5, 0.6) is 5.75 Å². The average molecular weight is 469 g/mol. The van der Waals surface area contributed by atoms with Crippen molar-refractivity contribution in [3.8, 4) is 16.9 Å². The second-order valence-corrected chi connectivity index (χ2v) is 8.57.